The van der Waals surface area contributed by atoms with E-state index in [1.54, 1.807) is 0 Å². The van der Waals surface area contributed by atoms with E-state index in [0.29, 0.717) is 13.0 Å². The molecule has 0 spiro atoms. The number of carbonyl (C=O) groups is 1. The first-order valence-electron chi connectivity index (χ1n) is 8.39. The third kappa shape index (κ3) is 3.66. The van der Waals surface area contributed by atoms with Crippen LogP contribution in [0, 0.1) is 0 Å². The Balaban J connectivity index is 1.39. The molecule has 0 N–H and O–H groups in total. The van der Waals surface area contributed by atoms with Crippen molar-refractivity contribution >= 4 is 38.9 Å². The number of rotatable bonds is 5. The molecule has 1 aromatic heterocycles. The summed E-state index contributed by atoms with van der Waals surface area (Å²) >= 11 is 5.10. The number of para-hydroxylation sites is 1. The zero-order chi connectivity index (χ0) is 17.9. The average Bonchev–Trinajstić information content (AvgIpc) is 3.28. The lowest BCUT2D eigenvalue weighted by Gasteiger charge is -2.16. The number of halogens is 1. The molecule has 4 nitrogen and oxygen atoms in total. The van der Waals surface area contributed by atoms with Crippen molar-refractivity contribution in [2.45, 2.75) is 19.4 Å². The molecule has 2 aromatic carbocycles. The molecule has 6 heteroatoms. The van der Waals surface area contributed by atoms with Gasteiger partial charge >= 0.3 is 0 Å². The van der Waals surface area contributed by atoms with Crippen LogP contribution in [0.25, 0.3) is 0 Å². The highest BCUT2D eigenvalue weighted by atomic mass is 79.9. The van der Waals surface area contributed by atoms with Crippen LogP contribution in [0.15, 0.2) is 58.4 Å². The van der Waals surface area contributed by atoms with Crippen molar-refractivity contribution in [3.05, 3.63) is 74.6 Å². The van der Waals surface area contributed by atoms with Crippen LogP contribution in [0.3, 0.4) is 0 Å². The van der Waals surface area contributed by atoms with Crippen molar-refractivity contribution in [2.75, 3.05) is 11.4 Å². The monoisotopic (exact) mass is 428 g/mol. The first-order chi connectivity index (χ1) is 12.7. The van der Waals surface area contributed by atoms with Gasteiger partial charge in [0.05, 0.1) is 12.1 Å². The zero-order valence-electron chi connectivity index (χ0n) is 14.0. The van der Waals surface area contributed by atoms with Gasteiger partial charge in [0.2, 0.25) is 5.91 Å². The summed E-state index contributed by atoms with van der Waals surface area (Å²) in [6.07, 6.45) is 1.20. The lowest BCUT2D eigenvalue weighted by atomic mass is 10.2. The van der Waals surface area contributed by atoms with Gasteiger partial charge in [-0.15, -0.1) is 11.3 Å². The van der Waals surface area contributed by atoms with Crippen LogP contribution in [0.4, 0.5) is 5.69 Å². The first kappa shape index (κ1) is 17.2. The lowest BCUT2D eigenvalue weighted by molar-refractivity contribution is -0.117. The Morgan fingerprint density at radius 3 is 2.88 bits per heavy atom. The molecule has 3 aromatic rings. The van der Waals surface area contributed by atoms with Crippen molar-refractivity contribution in [2.24, 2.45) is 0 Å². The van der Waals surface area contributed by atoms with Crippen molar-refractivity contribution in [1.29, 1.82) is 0 Å². The molecule has 1 aliphatic rings. The zero-order valence-corrected chi connectivity index (χ0v) is 16.4. The summed E-state index contributed by atoms with van der Waals surface area (Å²) in [5.74, 6) is 0.905. The summed E-state index contributed by atoms with van der Waals surface area (Å²) in [4.78, 5) is 19.1. The largest absolute Gasteiger partial charge is 0.486 e. The van der Waals surface area contributed by atoms with E-state index in [1.165, 1.54) is 16.9 Å². The molecule has 0 bridgehead atoms. The molecule has 0 radical (unpaired) electrons. The molecule has 132 valence electrons. The molecular weight excluding hydrogens is 412 g/mol. The Kier molecular flexibility index (Phi) is 5.04. The van der Waals surface area contributed by atoms with E-state index >= 15 is 0 Å². The number of hydrogen-bond acceptors (Lipinski definition) is 4. The SMILES string of the molecule is O=C(Cc1csc(COc2ccccc2)n1)N1CCc2c(Br)cccc21. The second-order valence-corrected chi connectivity index (χ2v) is 7.84. The second kappa shape index (κ2) is 7.60. The molecule has 4 rings (SSSR count). The minimum Gasteiger partial charge on any atom is -0.486 e. The lowest BCUT2D eigenvalue weighted by Crippen LogP contribution is -2.30. The van der Waals surface area contributed by atoms with E-state index in [1.807, 2.05) is 58.8 Å². The van der Waals surface area contributed by atoms with Gasteiger partial charge in [-0.3, -0.25) is 4.79 Å². The Bertz CT molecular complexity index is 927. The van der Waals surface area contributed by atoms with Gasteiger partial charge in [-0.2, -0.15) is 0 Å². The number of nitrogens with zero attached hydrogens (tertiary/aromatic N) is 2. The maximum atomic E-state index is 12.7. The number of benzene rings is 2. The van der Waals surface area contributed by atoms with Crippen LogP contribution in [0.5, 0.6) is 5.75 Å². The summed E-state index contributed by atoms with van der Waals surface area (Å²) in [6, 6.07) is 15.7. The fraction of sp³-hybridized carbons (Fsp3) is 0.200. The summed E-state index contributed by atoms with van der Waals surface area (Å²) in [5, 5.41) is 2.82. The van der Waals surface area contributed by atoms with Gasteiger partial charge < -0.3 is 9.64 Å². The maximum absolute atomic E-state index is 12.7. The number of amides is 1. The van der Waals surface area contributed by atoms with Crippen LogP contribution < -0.4 is 9.64 Å². The minimum atomic E-state index is 0.0858. The van der Waals surface area contributed by atoms with Gasteiger partial charge in [0.25, 0.3) is 0 Å². The van der Waals surface area contributed by atoms with Crippen LogP contribution in [0.2, 0.25) is 0 Å². The van der Waals surface area contributed by atoms with E-state index in [0.717, 1.165) is 39.6 Å². The van der Waals surface area contributed by atoms with E-state index in [4.69, 9.17) is 4.74 Å². The predicted octanol–water partition coefficient (Wildman–Crippen LogP) is 4.62. The number of hydrogen-bond donors (Lipinski definition) is 0. The van der Waals surface area contributed by atoms with Crippen molar-refractivity contribution in [3.8, 4) is 5.75 Å². The fourth-order valence-corrected chi connectivity index (χ4v) is 4.32. The molecular formula is C20H17BrN2O2S. The van der Waals surface area contributed by atoms with Gasteiger partial charge in [-0.05, 0) is 36.2 Å². The normalized spacial score (nSPS) is 12.9. The number of fused-ring (bicyclic) bond motifs is 1. The highest BCUT2D eigenvalue weighted by Gasteiger charge is 2.26. The average molecular weight is 429 g/mol. The number of anilines is 1. The predicted molar refractivity (Wildman–Crippen MR) is 107 cm³/mol. The van der Waals surface area contributed by atoms with E-state index < -0.39 is 0 Å². The minimum absolute atomic E-state index is 0.0858. The number of carbonyl (C=O) groups excluding carboxylic acids is 1. The van der Waals surface area contributed by atoms with Gasteiger partial charge in [0.15, 0.2) is 0 Å². The third-order valence-electron chi connectivity index (χ3n) is 4.31. The van der Waals surface area contributed by atoms with E-state index in [9.17, 15) is 4.79 Å². The molecule has 0 aliphatic carbocycles. The number of thiazole rings is 1. The first-order valence-corrected chi connectivity index (χ1v) is 10.1. The Labute approximate surface area is 164 Å². The molecule has 0 saturated carbocycles. The molecule has 1 aliphatic heterocycles. The van der Waals surface area contributed by atoms with Gasteiger partial charge in [-0.1, -0.05) is 40.2 Å². The van der Waals surface area contributed by atoms with E-state index in [2.05, 4.69) is 20.9 Å². The van der Waals surface area contributed by atoms with Crippen molar-refractivity contribution in [3.63, 3.8) is 0 Å². The van der Waals surface area contributed by atoms with Gasteiger partial charge in [0, 0.05) is 22.1 Å². The molecule has 26 heavy (non-hydrogen) atoms. The molecule has 0 unspecified atom stereocenters. The molecule has 0 fully saturated rings. The van der Waals surface area contributed by atoms with Gasteiger partial charge in [-0.25, -0.2) is 4.98 Å². The third-order valence-corrected chi connectivity index (χ3v) is 5.92. The smallest absolute Gasteiger partial charge is 0.233 e. The van der Waals surface area contributed by atoms with Crippen molar-refractivity contribution < 1.29 is 9.53 Å². The Morgan fingerprint density at radius 2 is 2.04 bits per heavy atom. The highest BCUT2D eigenvalue weighted by Crippen LogP contribution is 2.33. The molecule has 1 amide bonds. The number of aromatic nitrogens is 1. The molecule has 0 saturated heterocycles. The Morgan fingerprint density at radius 1 is 1.19 bits per heavy atom. The van der Waals surface area contributed by atoms with Crippen LogP contribution >= 0.6 is 27.3 Å². The standard InChI is InChI=1S/C20H17BrN2O2S/c21-17-7-4-8-18-16(17)9-10-23(18)20(24)11-14-13-26-19(22-14)12-25-15-5-2-1-3-6-15/h1-8,13H,9-12H2. The maximum Gasteiger partial charge on any atom is 0.233 e. The van der Waals surface area contributed by atoms with Crippen LogP contribution in [-0.4, -0.2) is 17.4 Å². The summed E-state index contributed by atoms with van der Waals surface area (Å²) in [6.45, 7) is 1.15. The van der Waals surface area contributed by atoms with Crippen LogP contribution in [0.1, 0.15) is 16.3 Å². The molecule has 0 atom stereocenters. The summed E-state index contributed by atoms with van der Waals surface area (Å²) in [7, 11) is 0. The van der Waals surface area contributed by atoms with E-state index in [-0.39, 0.29) is 5.91 Å². The van der Waals surface area contributed by atoms with Gasteiger partial charge in [0.1, 0.15) is 17.4 Å². The van der Waals surface area contributed by atoms with Crippen LogP contribution in [-0.2, 0) is 24.2 Å². The second-order valence-electron chi connectivity index (χ2n) is 6.04. The van der Waals surface area contributed by atoms with Crippen molar-refractivity contribution in [1.82, 2.24) is 4.98 Å². The summed E-state index contributed by atoms with van der Waals surface area (Å²) < 4.78 is 6.79. The Hall–Kier alpha value is -2.18. The quantitative estimate of drug-likeness (QED) is 0.595. The topological polar surface area (TPSA) is 42.4 Å². The number of ether oxygens (including phenoxy) is 1. The summed E-state index contributed by atoms with van der Waals surface area (Å²) in [5.41, 5.74) is 3.01. The highest BCUT2D eigenvalue weighted by molar-refractivity contribution is 9.10. The fourth-order valence-electron chi connectivity index (χ4n) is 3.06. The molecule has 2 heterocycles.